The number of hydrogen-bond acceptors (Lipinski definition) is 5. The molecular formula is C17H21N3O3. The van der Waals surface area contributed by atoms with E-state index in [9.17, 15) is 9.90 Å². The van der Waals surface area contributed by atoms with Crippen molar-refractivity contribution in [2.45, 2.75) is 13.0 Å². The summed E-state index contributed by atoms with van der Waals surface area (Å²) in [5.74, 6) is 0.175. The zero-order valence-electron chi connectivity index (χ0n) is 13.2. The summed E-state index contributed by atoms with van der Waals surface area (Å²) in [4.78, 5) is 16.2. The summed E-state index contributed by atoms with van der Waals surface area (Å²) in [5.41, 5.74) is 1.63. The topological polar surface area (TPSA) is 69.8 Å². The Morgan fingerprint density at radius 2 is 1.96 bits per heavy atom. The molecular weight excluding hydrogens is 294 g/mol. The SMILES string of the molecule is Cc1cc(C(=O)N2CCN(C[C@@H](O)c3ccccc3)CC2)on1. The van der Waals surface area contributed by atoms with Gasteiger partial charge in [0.2, 0.25) is 5.76 Å². The summed E-state index contributed by atoms with van der Waals surface area (Å²) < 4.78 is 5.03. The van der Waals surface area contributed by atoms with Crippen molar-refractivity contribution in [3.63, 3.8) is 0 Å². The number of benzene rings is 1. The van der Waals surface area contributed by atoms with Gasteiger partial charge in [0.1, 0.15) is 0 Å². The maximum atomic E-state index is 12.3. The van der Waals surface area contributed by atoms with Crippen LogP contribution in [0.4, 0.5) is 0 Å². The Balaban J connectivity index is 1.51. The lowest BCUT2D eigenvalue weighted by molar-refractivity contribution is 0.0496. The first-order valence-electron chi connectivity index (χ1n) is 7.81. The maximum absolute atomic E-state index is 12.3. The molecule has 1 saturated heterocycles. The number of carbonyl (C=O) groups excluding carboxylic acids is 1. The van der Waals surface area contributed by atoms with Crippen LogP contribution in [0.15, 0.2) is 40.9 Å². The van der Waals surface area contributed by atoms with Gasteiger partial charge in [-0.05, 0) is 12.5 Å². The molecule has 2 aromatic rings. The summed E-state index contributed by atoms with van der Waals surface area (Å²) in [6.45, 7) is 5.10. The zero-order valence-corrected chi connectivity index (χ0v) is 13.2. The van der Waals surface area contributed by atoms with Gasteiger partial charge in [0, 0.05) is 38.8 Å². The minimum absolute atomic E-state index is 0.117. The number of β-amino-alcohol motifs (C(OH)–C–C–N with tert-alkyl or cyclic N) is 1. The Morgan fingerprint density at radius 1 is 1.26 bits per heavy atom. The van der Waals surface area contributed by atoms with Gasteiger partial charge in [0.25, 0.3) is 5.91 Å². The first-order valence-corrected chi connectivity index (χ1v) is 7.81. The van der Waals surface area contributed by atoms with E-state index in [0.717, 1.165) is 18.7 Å². The summed E-state index contributed by atoms with van der Waals surface area (Å²) in [5, 5.41) is 14.0. The Bertz CT molecular complexity index is 648. The Kier molecular flexibility index (Phi) is 4.73. The fourth-order valence-electron chi connectivity index (χ4n) is 2.78. The smallest absolute Gasteiger partial charge is 0.292 e. The predicted molar refractivity (Wildman–Crippen MR) is 85.0 cm³/mol. The molecule has 1 amide bonds. The van der Waals surface area contributed by atoms with E-state index in [4.69, 9.17) is 4.52 Å². The fourth-order valence-corrected chi connectivity index (χ4v) is 2.78. The molecule has 1 aliphatic heterocycles. The lowest BCUT2D eigenvalue weighted by Crippen LogP contribution is -2.49. The van der Waals surface area contributed by atoms with Gasteiger partial charge in [-0.3, -0.25) is 9.69 Å². The summed E-state index contributed by atoms with van der Waals surface area (Å²) in [6, 6.07) is 11.3. The van der Waals surface area contributed by atoms with Crippen molar-refractivity contribution in [1.29, 1.82) is 0 Å². The lowest BCUT2D eigenvalue weighted by atomic mass is 10.1. The van der Waals surface area contributed by atoms with Gasteiger partial charge in [0.05, 0.1) is 11.8 Å². The third-order valence-electron chi connectivity index (χ3n) is 4.11. The van der Waals surface area contributed by atoms with Gasteiger partial charge in [-0.2, -0.15) is 0 Å². The highest BCUT2D eigenvalue weighted by atomic mass is 16.5. The Hall–Kier alpha value is -2.18. The minimum Gasteiger partial charge on any atom is -0.387 e. The number of aliphatic hydroxyl groups excluding tert-OH is 1. The van der Waals surface area contributed by atoms with E-state index in [2.05, 4.69) is 10.1 Å². The van der Waals surface area contributed by atoms with Crippen LogP contribution in [0.3, 0.4) is 0 Å². The van der Waals surface area contributed by atoms with Crippen molar-refractivity contribution in [1.82, 2.24) is 15.0 Å². The molecule has 122 valence electrons. The molecule has 2 heterocycles. The van der Waals surface area contributed by atoms with Crippen LogP contribution in [-0.4, -0.2) is 58.7 Å². The number of aryl methyl sites for hydroxylation is 1. The highest BCUT2D eigenvalue weighted by Crippen LogP contribution is 2.16. The third kappa shape index (κ3) is 3.78. The molecule has 0 saturated carbocycles. The summed E-state index contributed by atoms with van der Waals surface area (Å²) >= 11 is 0. The van der Waals surface area contributed by atoms with Gasteiger partial charge in [-0.25, -0.2) is 0 Å². The average molecular weight is 315 g/mol. The highest BCUT2D eigenvalue weighted by molar-refractivity contribution is 5.91. The second-order valence-corrected chi connectivity index (χ2v) is 5.85. The molecule has 0 aliphatic carbocycles. The van der Waals surface area contributed by atoms with E-state index < -0.39 is 6.10 Å². The molecule has 23 heavy (non-hydrogen) atoms. The number of aliphatic hydroxyl groups is 1. The number of hydrogen-bond donors (Lipinski definition) is 1. The molecule has 1 atom stereocenters. The van der Waals surface area contributed by atoms with E-state index in [1.165, 1.54) is 0 Å². The van der Waals surface area contributed by atoms with Crippen molar-refractivity contribution in [2.75, 3.05) is 32.7 Å². The fraction of sp³-hybridized carbons (Fsp3) is 0.412. The molecule has 1 aromatic heterocycles. The van der Waals surface area contributed by atoms with Crippen molar-refractivity contribution in [3.8, 4) is 0 Å². The monoisotopic (exact) mass is 315 g/mol. The second-order valence-electron chi connectivity index (χ2n) is 5.85. The van der Waals surface area contributed by atoms with Crippen LogP contribution < -0.4 is 0 Å². The van der Waals surface area contributed by atoms with Crippen LogP contribution in [0, 0.1) is 6.92 Å². The van der Waals surface area contributed by atoms with Gasteiger partial charge in [-0.15, -0.1) is 0 Å². The lowest BCUT2D eigenvalue weighted by Gasteiger charge is -2.35. The van der Waals surface area contributed by atoms with E-state index in [1.807, 2.05) is 30.3 Å². The first kappa shape index (κ1) is 15.7. The van der Waals surface area contributed by atoms with E-state index in [0.29, 0.717) is 31.1 Å². The molecule has 1 aliphatic rings. The van der Waals surface area contributed by atoms with Gasteiger partial charge >= 0.3 is 0 Å². The third-order valence-corrected chi connectivity index (χ3v) is 4.11. The van der Waals surface area contributed by atoms with E-state index >= 15 is 0 Å². The highest BCUT2D eigenvalue weighted by Gasteiger charge is 2.25. The second kappa shape index (κ2) is 6.93. The standard InChI is InChI=1S/C17H21N3O3/c1-13-11-16(23-18-13)17(22)20-9-7-19(8-10-20)12-15(21)14-5-3-2-4-6-14/h2-6,11,15,21H,7-10,12H2,1H3/t15-/m1/s1. The number of piperazine rings is 1. The molecule has 1 N–H and O–H groups in total. The molecule has 0 bridgehead atoms. The van der Waals surface area contributed by atoms with Crippen molar-refractivity contribution in [3.05, 3.63) is 53.4 Å². The molecule has 0 spiro atoms. The molecule has 1 aromatic carbocycles. The zero-order chi connectivity index (χ0) is 16.2. The van der Waals surface area contributed by atoms with Crippen molar-refractivity contribution in [2.24, 2.45) is 0 Å². The summed E-state index contributed by atoms with van der Waals surface area (Å²) in [7, 11) is 0. The molecule has 6 nitrogen and oxygen atoms in total. The largest absolute Gasteiger partial charge is 0.387 e. The van der Waals surface area contributed by atoms with Crippen LogP contribution >= 0.6 is 0 Å². The Morgan fingerprint density at radius 3 is 2.57 bits per heavy atom. The molecule has 0 unspecified atom stereocenters. The number of aromatic nitrogens is 1. The van der Waals surface area contributed by atoms with Crippen LogP contribution in [-0.2, 0) is 0 Å². The van der Waals surface area contributed by atoms with Gasteiger partial charge in [-0.1, -0.05) is 35.5 Å². The van der Waals surface area contributed by atoms with E-state index in [-0.39, 0.29) is 5.91 Å². The van der Waals surface area contributed by atoms with Crippen molar-refractivity contribution < 1.29 is 14.4 Å². The van der Waals surface area contributed by atoms with Crippen LogP contribution in [0.25, 0.3) is 0 Å². The number of amides is 1. The van der Waals surface area contributed by atoms with Gasteiger partial charge in [0.15, 0.2) is 0 Å². The summed E-state index contributed by atoms with van der Waals surface area (Å²) in [6.07, 6.45) is -0.504. The van der Waals surface area contributed by atoms with Crippen LogP contribution in [0.5, 0.6) is 0 Å². The average Bonchev–Trinajstić information content (AvgIpc) is 3.02. The first-order chi connectivity index (χ1) is 11.1. The normalized spacial score (nSPS) is 17.2. The molecule has 3 rings (SSSR count). The van der Waals surface area contributed by atoms with Crippen LogP contribution in [0.2, 0.25) is 0 Å². The molecule has 1 fully saturated rings. The minimum atomic E-state index is -0.504. The Labute approximate surface area is 135 Å². The predicted octanol–water partition coefficient (Wildman–Crippen LogP) is 1.47. The maximum Gasteiger partial charge on any atom is 0.292 e. The molecule has 0 radical (unpaired) electrons. The quantitative estimate of drug-likeness (QED) is 0.925. The number of rotatable bonds is 4. The van der Waals surface area contributed by atoms with E-state index in [1.54, 1.807) is 17.9 Å². The van der Waals surface area contributed by atoms with Crippen LogP contribution in [0.1, 0.15) is 27.9 Å². The van der Waals surface area contributed by atoms with Gasteiger partial charge < -0.3 is 14.5 Å². The molecule has 6 heteroatoms. The van der Waals surface area contributed by atoms with Crippen molar-refractivity contribution >= 4 is 5.91 Å². The number of carbonyl (C=O) groups is 1. The number of nitrogens with zero attached hydrogens (tertiary/aromatic N) is 3.